The Labute approximate surface area is 142 Å². The summed E-state index contributed by atoms with van der Waals surface area (Å²) in [6.07, 6.45) is 6.00. The van der Waals surface area contributed by atoms with Gasteiger partial charge in [-0.25, -0.2) is 9.97 Å². The number of aromatic nitrogens is 2. The first kappa shape index (κ1) is 15.4. The SMILES string of the molecule is O[C@@H]1CN(c2ccnc(C3CCCC3)n2)C[C@H]1Oc1ccccc1. The van der Waals surface area contributed by atoms with Crippen molar-refractivity contribution in [2.45, 2.75) is 43.8 Å². The van der Waals surface area contributed by atoms with Gasteiger partial charge in [0.25, 0.3) is 0 Å². The van der Waals surface area contributed by atoms with Crippen LogP contribution in [0.2, 0.25) is 0 Å². The summed E-state index contributed by atoms with van der Waals surface area (Å²) in [6, 6.07) is 11.6. The summed E-state index contributed by atoms with van der Waals surface area (Å²) in [5, 5.41) is 10.4. The molecule has 0 unspecified atom stereocenters. The van der Waals surface area contributed by atoms with Crippen LogP contribution < -0.4 is 9.64 Å². The highest BCUT2D eigenvalue weighted by Gasteiger charge is 2.34. The van der Waals surface area contributed by atoms with Crippen molar-refractivity contribution in [1.82, 2.24) is 9.97 Å². The van der Waals surface area contributed by atoms with Crippen molar-refractivity contribution < 1.29 is 9.84 Å². The molecule has 1 aromatic heterocycles. The number of para-hydroxylation sites is 1. The van der Waals surface area contributed by atoms with Crippen molar-refractivity contribution >= 4 is 5.82 Å². The molecule has 1 aliphatic carbocycles. The van der Waals surface area contributed by atoms with Crippen LogP contribution in [0.3, 0.4) is 0 Å². The van der Waals surface area contributed by atoms with Crippen molar-refractivity contribution in [2.24, 2.45) is 0 Å². The summed E-state index contributed by atoms with van der Waals surface area (Å²) < 4.78 is 5.93. The Bertz CT molecular complexity index is 673. The lowest BCUT2D eigenvalue weighted by molar-refractivity contribution is 0.0738. The predicted octanol–water partition coefficient (Wildman–Crippen LogP) is 2.76. The fraction of sp³-hybridized carbons (Fsp3) is 0.474. The third kappa shape index (κ3) is 3.22. The summed E-state index contributed by atoms with van der Waals surface area (Å²) in [7, 11) is 0. The van der Waals surface area contributed by atoms with Crippen LogP contribution in [0.4, 0.5) is 5.82 Å². The predicted molar refractivity (Wildman–Crippen MR) is 92.3 cm³/mol. The number of anilines is 1. The lowest BCUT2D eigenvalue weighted by Crippen LogP contribution is -2.29. The van der Waals surface area contributed by atoms with E-state index >= 15 is 0 Å². The highest BCUT2D eigenvalue weighted by atomic mass is 16.5. The zero-order valence-electron chi connectivity index (χ0n) is 13.7. The normalized spacial score (nSPS) is 24.5. The number of aliphatic hydroxyl groups excluding tert-OH is 1. The first-order valence-electron chi connectivity index (χ1n) is 8.77. The molecule has 0 spiro atoms. The lowest BCUT2D eigenvalue weighted by Gasteiger charge is -2.19. The Hall–Kier alpha value is -2.14. The Morgan fingerprint density at radius 3 is 2.62 bits per heavy atom. The minimum Gasteiger partial charge on any atom is -0.486 e. The molecule has 2 aromatic rings. The molecule has 126 valence electrons. The Balaban J connectivity index is 1.46. The van der Waals surface area contributed by atoms with E-state index in [-0.39, 0.29) is 6.10 Å². The molecule has 24 heavy (non-hydrogen) atoms. The van der Waals surface area contributed by atoms with Crippen molar-refractivity contribution in [1.29, 1.82) is 0 Å². The molecule has 0 radical (unpaired) electrons. The second-order valence-corrected chi connectivity index (χ2v) is 6.70. The van der Waals surface area contributed by atoms with Gasteiger partial charge in [-0.3, -0.25) is 0 Å². The van der Waals surface area contributed by atoms with E-state index in [9.17, 15) is 5.11 Å². The minimum absolute atomic E-state index is 0.239. The summed E-state index contributed by atoms with van der Waals surface area (Å²) in [5.74, 6) is 3.13. The van der Waals surface area contributed by atoms with Crippen molar-refractivity contribution in [3.8, 4) is 5.75 Å². The molecule has 1 aliphatic heterocycles. The number of rotatable bonds is 4. The first-order chi connectivity index (χ1) is 11.8. The number of β-amino-alcohol motifs (C(OH)–C–C–N with tert-alkyl or cyclic N) is 1. The lowest BCUT2D eigenvalue weighted by atomic mass is 10.1. The number of hydrogen-bond acceptors (Lipinski definition) is 5. The van der Waals surface area contributed by atoms with Crippen LogP contribution in [0, 0.1) is 0 Å². The van der Waals surface area contributed by atoms with Gasteiger partial charge in [-0.15, -0.1) is 0 Å². The van der Waals surface area contributed by atoms with Crippen LogP contribution in [0.5, 0.6) is 5.75 Å². The van der Waals surface area contributed by atoms with Crippen molar-refractivity contribution in [3.63, 3.8) is 0 Å². The standard InChI is InChI=1S/C19H23N3O2/c23-16-12-22(13-17(16)24-15-8-2-1-3-9-15)18-10-11-20-19(21-18)14-6-4-5-7-14/h1-3,8-11,14,16-17,23H,4-7,12-13H2/t16-,17-/m1/s1. The van der Waals surface area contributed by atoms with Gasteiger partial charge < -0.3 is 14.7 Å². The number of nitrogens with zero attached hydrogens (tertiary/aromatic N) is 3. The van der Waals surface area contributed by atoms with Gasteiger partial charge in [0.1, 0.15) is 29.6 Å². The third-order valence-corrected chi connectivity index (χ3v) is 4.97. The van der Waals surface area contributed by atoms with E-state index in [1.807, 2.05) is 42.6 Å². The van der Waals surface area contributed by atoms with Crippen LogP contribution in [-0.4, -0.2) is 40.4 Å². The number of aliphatic hydroxyl groups is 1. The van der Waals surface area contributed by atoms with Gasteiger partial charge in [-0.05, 0) is 31.0 Å². The molecule has 2 fully saturated rings. The van der Waals surface area contributed by atoms with Gasteiger partial charge >= 0.3 is 0 Å². The van der Waals surface area contributed by atoms with Gasteiger partial charge in [0.15, 0.2) is 0 Å². The molecule has 2 aliphatic rings. The fourth-order valence-corrected chi connectivity index (χ4v) is 3.65. The zero-order valence-corrected chi connectivity index (χ0v) is 13.7. The summed E-state index contributed by atoms with van der Waals surface area (Å²) in [5.41, 5.74) is 0. The van der Waals surface area contributed by atoms with Gasteiger partial charge in [0.05, 0.1) is 6.54 Å². The molecular formula is C19H23N3O2. The van der Waals surface area contributed by atoms with E-state index in [4.69, 9.17) is 9.72 Å². The molecule has 1 N–H and O–H groups in total. The second kappa shape index (κ2) is 6.77. The molecule has 2 atom stereocenters. The van der Waals surface area contributed by atoms with Crippen molar-refractivity contribution in [2.75, 3.05) is 18.0 Å². The summed E-state index contributed by atoms with van der Waals surface area (Å²) >= 11 is 0. The fourth-order valence-electron chi connectivity index (χ4n) is 3.65. The minimum atomic E-state index is -0.518. The van der Waals surface area contributed by atoms with Crippen LogP contribution >= 0.6 is 0 Å². The molecule has 0 bridgehead atoms. The summed E-state index contributed by atoms with van der Waals surface area (Å²) in [4.78, 5) is 11.3. The topological polar surface area (TPSA) is 58.5 Å². The van der Waals surface area contributed by atoms with Crippen LogP contribution in [0.15, 0.2) is 42.6 Å². The maximum Gasteiger partial charge on any atom is 0.144 e. The van der Waals surface area contributed by atoms with Gasteiger partial charge in [-0.2, -0.15) is 0 Å². The van der Waals surface area contributed by atoms with Crippen molar-refractivity contribution in [3.05, 3.63) is 48.4 Å². The molecule has 2 heterocycles. The van der Waals surface area contributed by atoms with E-state index in [0.717, 1.165) is 17.4 Å². The number of hydrogen-bond donors (Lipinski definition) is 1. The monoisotopic (exact) mass is 325 g/mol. The highest BCUT2D eigenvalue weighted by molar-refractivity contribution is 5.40. The highest BCUT2D eigenvalue weighted by Crippen LogP contribution is 2.33. The maximum absolute atomic E-state index is 10.4. The number of benzene rings is 1. The van der Waals surface area contributed by atoms with E-state index in [0.29, 0.717) is 19.0 Å². The van der Waals surface area contributed by atoms with E-state index in [2.05, 4.69) is 9.88 Å². The van der Waals surface area contributed by atoms with Crippen LogP contribution in [0.1, 0.15) is 37.4 Å². The molecule has 0 amide bonds. The maximum atomic E-state index is 10.4. The molecule has 5 nitrogen and oxygen atoms in total. The Morgan fingerprint density at radius 1 is 1.04 bits per heavy atom. The first-order valence-corrected chi connectivity index (χ1v) is 8.77. The summed E-state index contributed by atoms with van der Waals surface area (Å²) in [6.45, 7) is 1.18. The van der Waals surface area contributed by atoms with Gasteiger partial charge in [-0.1, -0.05) is 31.0 Å². The smallest absolute Gasteiger partial charge is 0.144 e. The molecule has 1 saturated carbocycles. The van der Waals surface area contributed by atoms with Crippen LogP contribution in [-0.2, 0) is 0 Å². The molecule has 1 aromatic carbocycles. The van der Waals surface area contributed by atoms with E-state index in [1.165, 1.54) is 25.7 Å². The molecule has 1 saturated heterocycles. The Kier molecular flexibility index (Phi) is 4.34. The zero-order chi connectivity index (χ0) is 16.4. The average molecular weight is 325 g/mol. The largest absolute Gasteiger partial charge is 0.486 e. The molecule has 5 heteroatoms. The van der Waals surface area contributed by atoms with E-state index in [1.54, 1.807) is 0 Å². The molecule has 4 rings (SSSR count). The third-order valence-electron chi connectivity index (χ3n) is 4.97. The van der Waals surface area contributed by atoms with Gasteiger partial charge in [0, 0.05) is 18.7 Å². The second-order valence-electron chi connectivity index (χ2n) is 6.70. The Morgan fingerprint density at radius 2 is 1.83 bits per heavy atom. The average Bonchev–Trinajstić information content (AvgIpc) is 3.27. The quantitative estimate of drug-likeness (QED) is 0.937. The van der Waals surface area contributed by atoms with Gasteiger partial charge in [0.2, 0.25) is 0 Å². The number of ether oxygens (including phenoxy) is 1. The van der Waals surface area contributed by atoms with E-state index < -0.39 is 6.10 Å². The van der Waals surface area contributed by atoms with Crippen LogP contribution in [0.25, 0.3) is 0 Å². The molecular weight excluding hydrogens is 302 g/mol.